The molecule has 0 amide bonds. The zero-order valence-corrected chi connectivity index (χ0v) is 14.7. The fourth-order valence-electron chi connectivity index (χ4n) is 2.34. The largest absolute Gasteiger partial charge is 0.366 e. The minimum Gasteiger partial charge on any atom is -0.366 e. The molecule has 0 aliphatic rings. The highest BCUT2D eigenvalue weighted by molar-refractivity contribution is 6.31. The van der Waals surface area contributed by atoms with Crippen LogP contribution in [0.3, 0.4) is 0 Å². The smallest absolute Gasteiger partial charge is 0.229 e. The average molecular weight is 357 g/mol. The zero-order valence-electron chi connectivity index (χ0n) is 14.0. The maximum Gasteiger partial charge on any atom is 0.229 e. The van der Waals surface area contributed by atoms with Crippen molar-refractivity contribution in [2.45, 2.75) is 20.4 Å². The van der Waals surface area contributed by atoms with E-state index in [0.717, 1.165) is 16.9 Å². The molecule has 1 aromatic heterocycles. The summed E-state index contributed by atoms with van der Waals surface area (Å²) in [5, 5.41) is 6.95. The molecule has 0 unspecified atom stereocenters. The molecule has 0 bridgehead atoms. The van der Waals surface area contributed by atoms with Crippen molar-refractivity contribution < 1.29 is 4.39 Å². The van der Waals surface area contributed by atoms with E-state index in [1.807, 2.05) is 38.1 Å². The standard InChI is InChI=1S/C19H18ClFN4/c1-12-7-8-15(10-16(12)20)24-19-23-13(2)9-18(25-19)22-11-14-5-3-4-6-17(14)21/h3-10H,11H2,1-2H3,(H2,22,23,24,25). The van der Waals surface area contributed by atoms with Gasteiger partial charge in [-0.3, -0.25) is 0 Å². The predicted octanol–water partition coefficient (Wildman–Crippen LogP) is 5.24. The first-order chi connectivity index (χ1) is 12.0. The Labute approximate surface area is 151 Å². The number of hydrogen-bond donors (Lipinski definition) is 2. The molecule has 0 aliphatic heterocycles. The van der Waals surface area contributed by atoms with E-state index < -0.39 is 0 Å². The third kappa shape index (κ3) is 4.45. The van der Waals surface area contributed by atoms with Crippen molar-refractivity contribution in [2.75, 3.05) is 10.6 Å². The lowest BCUT2D eigenvalue weighted by Crippen LogP contribution is -2.06. The van der Waals surface area contributed by atoms with E-state index in [1.54, 1.807) is 18.2 Å². The van der Waals surface area contributed by atoms with E-state index in [-0.39, 0.29) is 5.82 Å². The fourth-order valence-corrected chi connectivity index (χ4v) is 2.52. The van der Waals surface area contributed by atoms with Crippen LogP contribution < -0.4 is 10.6 Å². The van der Waals surface area contributed by atoms with Crippen molar-refractivity contribution in [1.82, 2.24) is 9.97 Å². The predicted molar refractivity (Wildman–Crippen MR) is 100.0 cm³/mol. The molecule has 0 saturated heterocycles. The summed E-state index contributed by atoms with van der Waals surface area (Å²) in [5.41, 5.74) is 3.19. The minimum absolute atomic E-state index is 0.242. The van der Waals surface area contributed by atoms with Gasteiger partial charge in [0.2, 0.25) is 5.95 Å². The van der Waals surface area contributed by atoms with Crippen LogP contribution in [0.5, 0.6) is 0 Å². The van der Waals surface area contributed by atoms with Gasteiger partial charge in [-0.1, -0.05) is 35.9 Å². The van der Waals surface area contributed by atoms with Crippen LogP contribution in [-0.4, -0.2) is 9.97 Å². The van der Waals surface area contributed by atoms with Gasteiger partial charge in [0.05, 0.1) is 0 Å². The summed E-state index contributed by atoms with van der Waals surface area (Å²) in [7, 11) is 0. The number of nitrogens with one attached hydrogen (secondary N) is 2. The van der Waals surface area contributed by atoms with Crippen LogP contribution in [0.1, 0.15) is 16.8 Å². The minimum atomic E-state index is -0.242. The van der Waals surface area contributed by atoms with Gasteiger partial charge in [-0.15, -0.1) is 0 Å². The average Bonchev–Trinajstić information content (AvgIpc) is 2.57. The third-order valence-electron chi connectivity index (χ3n) is 3.70. The highest BCUT2D eigenvalue weighted by atomic mass is 35.5. The van der Waals surface area contributed by atoms with Gasteiger partial charge < -0.3 is 10.6 Å². The van der Waals surface area contributed by atoms with E-state index in [1.165, 1.54) is 6.07 Å². The molecule has 2 aromatic carbocycles. The van der Waals surface area contributed by atoms with Crippen molar-refractivity contribution in [3.05, 3.63) is 76.2 Å². The molecule has 4 nitrogen and oxygen atoms in total. The van der Waals surface area contributed by atoms with Crippen LogP contribution in [0.4, 0.5) is 21.8 Å². The maximum atomic E-state index is 13.7. The van der Waals surface area contributed by atoms with E-state index in [0.29, 0.717) is 28.9 Å². The molecule has 0 saturated carbocycles. The monoisotopic (exact) mass is 356 g/mol. The molecule has 0 fully saturated rings. The third-order valence-corrected chi connectivity index (χ3v) is 4.11. The number of aryl methyl sites for hydroxylation is 2. The highest BCUT2D eigenvalue weighted by Crippen LogP contribution is 2.22. The first kappa shape index (κ1) is 17.2. The van der Waals surface area contributed by atoms with Crippen LogP contribution in [-0.2, 0) is 6.54 Å². The molecule has 3 aromatic rings. The number of anilines is 3. The van der Waals surface area contributed by atoms with Gasteiger partial charge in [-0.25, -0.2) is 9.37 Å². The van der Waals surface area contributed by atoms with E-state index in [4.69, 9.17) is 11.6 Å². The van der Waals surface area contributed by atoms with Crippen molar-refractivity contribution in [3.63, 3.8) is 0 Å². The van der Waals surface area contributed by atoms with Gasteiger partial charge in [0.25, 0.3) is 0 Å². The van der Waals surface area contributed by atoms with Crippen molar-refractivity contribution in [1.29, 1.82) is 0 Å². The Morgan fingerprint density at radius 1 is 1.04 bits per heavy atom. The fraction of sp³-hybridized carbons (Fsp3) is 0.158. The number of nitrogens with zero attached hydrogens (tertiary/aromatic N) is 2. The lowest BCUT2D eigenvalue weighted by molar-refractivity contribution is 0.613. The molecule has 0 spiro atoms. The van der Waals surface area contributed by atoms with E-state index in [2.05, 4.69) is 20.6 Å². The number of hydrogen-bond acceptors (Lipinski definition) is 4. The maximum absolute atomic E-state index is 13.7. The number of rotatable bonds is 5. The number of aromatic nitrogens is 2. The summed E-state index contributed by atoms with van der Waals surface area (Å²) in [6, 6.07) is 14.1. The Kier molecular flexibility index (Phi) is 5.14. The SMILES string of the molecule is Cc1cc(NCc2ccccc2F)nc(Nc2ccc(C)c(Cl)c2)n1. The lowest BCUT2D eigenvalue weighted by atomic mass is 10.2. The molecular weight excluding hydrogens is 339 g/mol. The summed E-state index contributed by atoms with van der Waals surface area (Å²) in [6.07, 6.45) is 0. The quantitative estimate of drug-likeness (QED) is 0.656. The highest BCUT2D eigenvalue weighted by Gasteiger charge is 2.06. The summed E-state index contributed by atoms with van der Waals surface area (Å²) < 4.78 is 13.7. The van der Waals surface area contributed by atoms with Gasteiger partial charge in [-0.2, -0.15) is 4.98 Å². The first-order valence-corrected chi connectivity index (χ1v) is 8.25. The molecular formula is C19H18ClFN4. The van der Waals surface area contributed by atoms with Crippen LogP contribution in [0, 0.1) is 19.7 Å². The van der Waals surface area contributed by atoms with Crippen molar-refractivity contribution in [2.24, 2.45) is 0 Å². The molecule has 0 radical (unpaired) electrons. The Morgan fingerprint density at radius 3 is 2.60 bits per heavy atom. The molecule has 0 atom stereocenters. The van der Waals surface area contributed by atoms with Gasteiger partial charge in [0, 0.05) is 34.6 Å². The van der Waals surface area contributed by atoms with Crippen molar-refractivity contribution in [3.8, 4) is 0 Å². The Hall–Kier alpha value is -2.66. The van der Waals surface area contributed by atoms with E-state index >= 15 is 0 Å². The van der Waals surface area contributed by atoms with Gasteiger partial charge >= 0.3 is 0 Å². The molecule has 2 N–H and O–H groups in total. The first-order valence-electron chi connectivity index (χ1n) is 7.87. The van der Waals surface area contributed by atoms with Crippen molar-refractivity contribution >= 4 is 29.1 Å². The van der Waals surface area contributed by atoms with Gasteiger partial charge in [-0.05, 0) is 37.6 Å². The lowest BCUT2D eigenvalue weighted by Gasteiger charge is -2.11. The second-order valence-electron chi connectivity index (χ2n) is 5.75. The number of benzene rings is 2. The molecule has 1 heterocycles. The van der Waals surface area contributed by atoms with E-state index in [9.17, 15) is 4.39 Å². The molecule has 6 heteroatoms. The Morgan fingerprint density at radius 2 is 1.84 bits per heavy atom. The molecule has 25 heavy (non-hydrogen) atoms. The van der Waals surface area contributed by atoms with Crippen LogP contribution in [0.15, 0.2) is 48.5 Å². The van der Waals surface area contributed by atoms with Crippen LogP contribution in [0.2, 0.25) is 5.02 Å². The molecule has 0 aliphatic carbocycles. The Balaban J connectivity index is 1.76. The Bertz CT molecular complexity index is 898. The van der Waals surface area contributed by atoms with Gasteiger partial charge in [0.15, 0.2) is 0 Å². The summed E-state index contributed by atoms with van der Waals surface area (Å²) in [6.45, 7) is 4.17. The second kappa shape index (κ2) is 7.49. The van der Waals surface area contributed by atoms with Crippen LogP contribution >= 0.6 is 11.6 Å². The summed E-state index contributed by atoms with van der Waals surface area (Å²) >= 11 is 6.15. The zero-order chi connectivity index (χ0) is 17.8. The summed E-state index contributed by atoms with van der Waals surface area (Å²) in [5.74, 6) is 0.834. The molecule has 3 rings (SSSR count). The normalized spacial score (nSPS) is 10.6. The topological polar surface area (TPSA) is 49.8 Å². The second-order valence-corrected chi connectivity index (χ2v) is 6.16. The summed E-state index contributed by atoms with van der Waals surface area (Å²) in [4.78, 5) is 8.80. The number of halogens is 2. The van der Waals surface area contributed by atoms with Crippen LogP contribution in [0.25, 0.3) is 0 Å². The van der Waals surface area contributed by atoms with Gasteiger partial charge in [0.1, 0.15) is 11.6 Å². The molecule has 128 valence electrons.